The Hall–Kier alpha value is -0.910. The zero-order valence-corrected chi connectivity index (χ0v) is 12.7. The van der Waals surface area contributed by atoms with Crippen molar-refractivity contribution in [3.63, 3.8) is 0 Å². The van der Waals surface area contributed by atoms with Gasteiger partial charge in [0.2, 0.25) is 0 Å². The number of nitrogens with zero attached hydrogens (tertiary/aromatic N) is 1. The molecule has 4 nitrogen and oxygen atoms in total. The van der Waals surface area contributed by atoms with Crippen LogP contribution in [-0.2, 0) is 17.8 Å². The van der Waals surface area contributed by atoms with E-state index in [2.05, 4.69) is 0 Å². The van der Waals surface area contributed by atoms with Crippen LogP contribution in [0.5, 0.6) is 0 Å². The molecule has 1 saturated carbocycles. The van der Waals surface area contributed by atoms with Crippen molar-refractivity contribution in [2.75, 3.05) is 20.2 Å². The van der Waals surface area contributed by atoms with Gasteiger partial charge in [-0.1, -0.05) is 12.8 Å². The largest absolute Gasteiger partial charge is 0.388 e. The molecule has 0 unspecified atom stereocenters. The summed E-state index contributed by atoms with van der Waals surface area (Å²) in [5, 5.41) is 10.4. The molecule has 1 N–H and O–H groups in total. The third-order valence-electron chi connectivity index (χ3n) is 4.25. The number of amides is 1. The maximum atomic E-state index is 12.5. The summed E-state index contributed by atoms with van der Waals surface area (Å²) in [5.41, 5.74) is 0.474. The Morgan fingerprint density at radius 1 is 1.50 bits per heavy atom. The van der Waals surface area contributed by atoms with Crippen LogP contribution in [0.1, 0.15) is 45.8 Å². The zero-order valence-electron chi connectivity index (χ0n) is 11.9. The van der Waals surface area contributed by atoms with Gasteiger partial charge in [-0.3, -0.25) is 4.79 Å². The van der Waals surface area contributed by atoms with Crippen LogP contribution in [0.4, 0.5) is 0 Å². The third-order valence-corrected chi connectivity index (χ3v) is 5.48. The predicted octanol–water partition coefficient (Wildman–Crippen LogP) is 2.20. The number of likely N-dealkylation sites (N-methyl/N-ethyl adjacent to an activating group) is 1. The molecule has 0 radical (unpaired) electrons. The Bertz CT molecular complexity index is 482. The molecule has 1 fully saturated rings. The summed E-state index contributed by atoms with van der Waals surface area (Å²) in [7, 11) is 1.79. The molecule has 1 aliphatic heterocycles. The molecule has 0 aromatic carbocycles. The first-order valence-corrected chi connectivity index (χ1v) is 8.06. The monoisotopic (exact) mass is 295 g/mol. The van der Waals surface area contributed by atoms with Crippen molar-refractivity contribution in [2.45, 2.75) is 44.3 Å². The van der Waals surface area contributed by atoms with Crippen LogP contribution in [0, 0.1) is 0 Å². The van der Waals surface area contributed by atoms with E-state index in [1.54, 1.807) is 23.3 Å². The van der Waals surface area contributed by atoms with Gasteiger partial charge in [-0.25, -0.2) is 0 Å². The smallest absolute Gasteiger partial charge is 0.263 e. The van der Waals surface area contributed by atoms with Crippen molar-refractivity contribution in [1.29, 1.82) is 0 Å². The van der Waals surface area contributed by atoms with E-state index in [1.807, 2.05) is 6.07 Å². The Balaban J connectivity index is 1.70. The number of rotatable bonds is 3. The molecule has 0 saturated heterocycles. The fraction of sp³-hybridized carbons (Fsp3) is 0.667. The van der Waals surface area contributed by atoms with Gasteiger partial charge < -0.3 is 14.7 Å². The lowest BCUT2D eigenvalue weighted by Gasteiger charge is -2.28. The van der Waals surface area contributed by atoms with Crippen molar-refractivity contribution < 1.29 is 14.6 Å². The van der Waals surface area contributed by atoms with Crippen LogP contribution in [0.3, 0.4) is 0 Å². The number of hydrogen-bond acceptors (Lipinski definition) is 4. The first-order valence-electron chi connectivity index (χ1n) is 7.25. The lowest BCUT2D eigenvalue weighted by molar-refractivity contribution is 0.0158. The van der Waals surface area contributed by atoms with Crippen LogP contribution in [0.2, 0.25) is 0 Å². The lowest BCUT2D eigenvalue weighted by atomic mass is 10.0. The van der Waals surface area contributed by atoms with E-state index in [9.17, 15) is 9.90 Å². The lowest BCUT2D eigenvalue weighted by Crippen LogP contribution is -2.41. The van der Waals surface area contributed by atoms with E-state index < -0.39 is 5.60 Å². The molecule has 3 rings (SSSR count). The molecule has 2 heterocycles. The normalized spacial score (nSPS) is 20.7. The molecule has 1 amide bonds. The van der Waals surface area contributed by atoms with Crippen molar-refractivity contribution in [2.24, 2.45) is 0 Å². The van der Waals surface area contributed by atoms with Crippen molar-refractivity contribution >= 4 is 17.2 Å². The van der Waals surface area contributed by atoms with Gasteiger partial charge in [0.25, 0.3) is 5.91 Å². The Labute approximate surface area is 123 Å². The molecule has 20 heavy (non-hydrogen) atoms. The van der Waals surface area contributed by atoms with Crippen LogP contribution in [0.15, 0.2) is 6.07 Å². The number of hydrogen-bond donors (Lipinski definition) is 1. The van der Waals surface area contributed by atoms with E-state index in [-0.39, 0.29) is 5.91 Å². The van der Waals surface area contributed by atoms with E-state index >= 15 is 0 Å². The Morgan fingerprint density at radius 3 is 2.95 bits per heavy atom. The molecule has 1 aromatic heterocycles. The van der Waals surface area contributed by atoms with Gasteiger partial charge in [0.1, 0.15) is 0 Å². The SMILES string of the molecule is CN(CC1(O)CCCC1)C(=O)c1cc2c(s1)CCOC2. The van der Waals surface area contributed by atoms with E-state index in [0.29, 0.717) is 13.2 Å². The summed E-state index contributed by atoms with van der Waals surface area (Å²) in [5.74, 6) is 0.0183. The first-order chi connectivity index (χ1) is 9.57. The number of ether oxygens (including phenoxy) is 1. The number of fused-ring (bicyclic) bond motifs is 1. The summed E-state index contributed by atoms with van der Waals surface area (Å²) in [6.45, 7) is 1.80. The van der Waals surface area contributed by atoms with Gasteiger partial charge in [-0.2, -0.15) is 0 Å². The summed E-state index contributed by atoms with van der Waals surface area (Å²) < 4.78 is 5.41. The minimum atomic E-state index is -0.676. The Morgan fingerprint density at radius 2 is 2.25 bits per heavy atom. The molecule has 1 aromatic rings. The molecule has 1 aliphatic carbocycles. The van der Waals surface area contributed by atoms with E-state index in [0.717, 1.165) is 49.2 Å². The van der Waals surface area contributed by atoms with Gasteiger partial charge >= 0.3 is 0 Å². The second kappa shape index (κ2) is 5.47. The topological polar surface area (TPSA) is 49.8 Å². The fourth-order valence-corrected chi connectivity index (χ4v) is 4.29. The maximum Gasteiger partial charge on any atom is 0.263 e. The van der Waals surface area contributed by atoms with E-state index in [1.165, 1.54) is 4.88 Å². The van der Waals surface area contributed by atoms with Crippen LogP contribution in [0.25, 0.3) is 0 Å². The maximum absolute atomic E-state index is 12.5. The third kappa shape index (κ3) is 2.75. The molecule has 5 heteroatoms. The van der Waals surface area contributed by atoms with Crippen LogP contribution >= 0.6 is 11.3 Å². The highest BCUT2D eigenvalue weighted by molar-refractivity contribution is 7.14. The number of carbonyl (C=O) groups is 1. The molecule has 110 valence electrons. The molecule has 0 bridgehead atoms. The molecule has 0 spiro atoms. The molecular weight excluding hydrogens is 274 g/mol. The summed E-state index contributed by atoms with van der Waals surface area (Å²) in [6.07, 6.45) is 4.63. The van der Waals surface area contributed by atoms with Crippen molar-refractivity contribution in [3.05, 3.63) is 21.4 Å². The average molecular weight is 295 g/mol. The van der Waals surface area contributed by atoms with Gasteiger partial charge in [0, 0.05) is 24.9 Å². The summed E-state index contributed by atoms with van der Waals surface area (Å²) in [6, 6.07) is 1.96. The Kier molecular flexibility index (Phi) is 3.84. The summed E-state index contributed by atoms with van der Waals surface area (Å²) in [4.78, 5) is 16.2. The van der Waals surface area contributed by atoms with Crippen molar-refractivity contribution in [3.8, 4) is 0 Å². The highest BCUT2D eigenvalue weighted by Gasteiger charge is 2.34. The summed E-state index contributed by atoms with van der Waals surface area (Å²) >= 11 is 1.58. The highest BCUT2D eigenvalue weighted by Crippen LogP contribution is 2.31. The van der Waals surface area contributed by atoms with Gasteiger partial charge in [-0.05, 0) is 24.5 Å². The minimum absolute atomic E-state index is 0.0183. The first kappa shape index (κ1) is 14.0. The molecule has 0 atom stereocenters. The van der Waals surface area contributed by atoms with E-state index in [4.69, 9.17) is 4.74 Å². The number of aliphatic hydroxyl groups is 1. The second-order valence-corrected chi connectivity index (χ2v) is 7.09. The number of carbonyl (C=O) groups excluding carboxylic acids is 1. The van der Waals surface area contributed by atoms with Crippen LogP contribution in [-0.4, -0.2) is 41.7 Å². The quantitative estimate of drug-likeness (QED) is 0.930. The molecular formula is C15H21NO3S. The fourth-order valence-electron chi connectivity index (χ4n) is 3.15. The van der Waals surface area contributed by atoms with Crippen molar-refractivity contribution in [1.82, 2.24) is 4.90 Å². The standard InChI is InChI=1S/C15H21NO3S/c1-16(10-15(18)5-2-3-6-15)14(17)13-8-11-9-19-7-4-12(11)20-13/h8,18H,2-7,9-10H2,1H3. The zero-order chi connectivity index (χ0) is 14.2. The van der Waals surface area contributed by atoms with Crippen LogP contribution < -0.4 is 0 Å². The number of thiophene rings is 1. The molecule has 2 aliphatic rings. The highest BCUT2D eigenvalue weighted by atomic mass is 32.1. The van der Waals surface area contributed by atoms with Gasteiger partial charge in [0.15, 0.2) is 0 Å². The predicted molar refractivity (Wildman–Crippen MR) is 78.1 cm³/mol. The average Bonchev–Trinajstić information content (AvgIpc) is 3.03. The van der Waals surface area contributed by atoms with Gasteiger partial charge in [0.05, 0.1) is 23.7 Å². The van der Waals surface area contributed by atoms with Gasteiger partial charge in [-0.15, -0.1) is 11.3 Å². The minimum Gasteiger partial charge on any atom is -0.388 e. The second-order valence-electron chi connectivity index (χ2n) is 5.95.